The highest BCUT2D eigenvalue weighted by Crippen LogP contribution is 2.23. The number of carbonyl (C=O) groups is 1. The zero-order valence-electron chi connectivity index (χ0n) is 15.3. The molecule has 1 aromatic heterocycles. The first-order valence-corrected chi connectivity index (χ1v) is 8.96. The number of anilines is 2. The Labute approximate surface area is 158 Å². The third-order valence-electron chi connectivity index (χ3n) is 4.56. The van der Waals surface area contributed by atoms with Crippen LogP contribution in [0.5, 0.6) is 11.5 Å². The smallest absolute Gasteiger partial charge is 0.306 e. The summed E-state index contributed by atoms with van der Waals surface area (Å²) in [6.45, 7) is 2.47. The van der Waals surface area contributed by atoms with Gasteiger partial charge >= 0.3 is 5.97 Å². The highest BCUT2D eigenvalue weighted by molar-refractivity contribution is 5.70. The predicted octanol–water partition coefficient (Wildman–Crippen LogP) is 2.28. The van der Waals surface area contributed by atoms with Crippen LogP contribution in [0.2, 0.25) is 0 Å². The van der Waals surface area contributed by atoms with Crippen LogP contribution in [-0.2, 0) is 4.79 Å². The topological polar surface area (TPSA) is 96.8 Å². The van der Waals surface area contributed by atoms with Crippen molar-refractivity contribution in [2.24, 2.45) is 5.92 Å². The summed E-state index contributed by atoms with van der Waals surface area (Å²) in [5.74, 6) is 2.14. The number of piperidine rings is 1. The van der Waals surface area contributed by atoms with E-state index < -0.39 is 5.97 Å². The molecule has 0 radical (unpaired) electrons. The Bertz CT molecular complexity index is 746. The summed E-state index contributed by atoms with van der Waals surface area (Å²) in [4.78, 5) is 21.7. The molecular formula is C19H24N4O4. The first kappa shape index (κ1) is 18.8. The Hall–Kier alpha value is -3.03. The fourth-order valence-electron chi connectivity index (χ4n) is 2.99. The molecule has 8 nitrogen and oxygen atoms in total. The van der Waals surface area contributed by atoms with Gasteiger partial charge in [-0.2, -0.15) is 0 Å². The molecule has 8 heteroatoms. The van der Waals surface area contributed by atoms with Crippen molar-refractivity contribution in [3.63, 3.8) is 0 Å². The van der Waals surface area contributed by atoms with Gasteiger partial charge in [-0.25, -0.2) is 9.97 Å². The highest BCUT2D eigenvalue weighted by Gasteiger charge is 2.25. The molecule has 0 aliphatic carbocycles. The van der Waals surface area contributed by atoms with Gasteiger partial charge in [0.05, 0.1) is 19.6 Å². The van der Waals surface area contributed by atoms with Crippen LogP contribution in [0.15, 0.2) is 36.7 Å². The largest absolute Gasteiger partial charge is 0.497 e. The molecule has 0 saturated carbocycles. The van der Waals surface area contributed by atoms with Crippen LogP contribution in [0.1, 0.15) is 12.8 Å². The molecule has 2 aromatic rings. The maximum atomic E-state index is 11.1. The lowest BCUT2D eigenvalue weighted by Crippen LogP contribution is -2.36. The molecule has 2 N–H and O–H groups in total. The van der Waals surface area contributed by atoms with Gasteiger partial charge in [-0.1, -0.05) is 0 Å². The van der Waals surface area contributed by atoms with Gasteiger partial charge in [-0.15, -0.1) is 0 Å². The molecule has 27 heavy (non-hydrogen) atoms. The second kappa shape index (κ2) is 9.07. The number of hydrogen-bond donors (Lipinski definition) is 2. The molecule has 2 heterocycles. The molecule has 0 bridgehead atoms. The van der Waals surface area contributed by atoms with E-state index in [1.54, 1.807) is 7.11 Å². The van der Waals surface area contributed by atoms with E-state index >= 15 is 0 Å². The van der Waals surface area contributed by atoms with E-state index in [9.17, 15) is 4.79 Å². The van der Waals surface area contributed by atoms with Crippen molar-refractivity contribution in [2.45, 2.75) is 12.8 Å². The lowest BCUT2D eigenvalue weighted by atomic mass is 9.97. The van der Waals surface area contributed by atoms with Crippen LogP contribution >= 0.6 is 0 Å². The number of aliphatic carboxylic acids is 1. The first-order valence-electron chi connectivity index (χ1n) is 8.96. The lowest BCUT2D eigenvalue weighted by Gasteiger charge is -2.31. The number of ether oxygens (including phenoxy) is 2. The summed E-state index contributed by atoms with van der Waals surface area (Å²) in [6.07, 6.45) is 2.79. The third-order valence-corrected chi connectivity index (χ3v) is 4.56. The fraction of sp³-hybridized carbons (Fsp3) is 0.421. The van der Waals surface area contributed by atoms with Gasteiger partial charge < -0.3 is 24.8 Å². The molecule has 1 aliphatic heterocycles. The number of hydrogen-bond acceptors (Lipinski definition) is 7. The number of benzene rings is 1. The number of carboxylic acid groups (broad SMARTS) is 1. The molecule has 3 rings (SSSR count). The van der Waals surface area contributed by atoms with Crippen molar-refractivity contribution in [1.82, 2.24) is 9.97 Å². The Morgan fingerprint density at radius 1 is 1.22 bits per heavy atom. The highest BCUT2D eigenvalue weighted by atomic mass is 16.5. The molecular weight excluding hydrogens is 348 g/mol. The number of nitrogens with zero attached hydrogens (tertiary/aromatic N) is 3. The van der Waals surface area contributed by atoms with Gasteiger partial charge in [0.15, 0.2) is 0 Å². The van der Waals surface area contributed by atoms with Gasteiger partial charge in [0.25, 0.3) is 0 Å². The summed E-state index contributed by atoms with van der Waals surface area (Å²) in [5, 5.41) is 12.3. The van der Waals surface area contributed by atoms with Crippen LogP contribution in [0.25, 0.3) is 0 Å². The van der Waals surface area contributed by atoms with Crippen LogP contribution < -0.4 is 19.7 Å². The van der Waals surface area contributed by atoms with Crippen molar-refractivity contribution < 1.29 is 19.4 Å². The van der Waals surface area contributed by atoms with Crippen LogP contribution in [0.3, 0.4) is 0 Å². The van der Waals surface area contributed by atoms with Crippen molar-refractivity contribution in [3.05, 3.63) is 36.7 Å². The summed E-state index contributed by atoms with van der Waals surface area (Å²) in [7, 11) is 1.63. The van der Waals surface area contributed by atoms with E-state index in [1.165, 1.54) is 6.33 Å². The number of rotatable bonds is 8. The molecule has 1 fully saturated rings. The van der Waals surface area contributed by atoms with E-state index in [2.05, 4.69) is 20.2 Å². The molecule has 1 saturated heterocycles. The van der Waals surface area contributed by atoms with E-state index in [0.29, 0.717) is 39.1 Å². The molecule has 0 spiro atoms. The summed E-state index contributed by atoms with van der Waals surface area (Å²) in [5.41, 5.74) is 0. The van der Waals surface area contributed by atoms with Crippen molar-refractivity contribution in [1.29, 1.82) is 0 Å². The van der Waals surface area contributed by atoms with Crippen LogP contribution in [-0.4, -0.2) is 54.4 Å². The zero-order chi connectivity index (χ0) is 19.1. The Morgan fingerprint density at radius 2 is 1.93 bits per heavy atom. The first-order chi connectivity index (χ1) is 13.2. The summed E-state index contributed by atoms with van der Waals surface area (Å²) >= 11 is 0. The normalized spacial score (nSPS) is 14.6. The lowest BCUT2D eigenvalue weighted by molar-refractivity contribution is -0.142. The molecule has 1 aromatic carbocycles. The Balaban J connectivity index is 1.45. The summed E-state index contributed by atoms with van der Waals surface area (Å²) in [6, 6.07) is 9.32. The van der Waals surface area contributed by atoms with Crippen molar-refractivity contribution in [2.75, 3.05) is 43.6 Å². The monoisotopic (exact) mass is 372 g/mol. The summed E-state index contributed by atoms with van der Waals surface area (Å²) < 4.78 is 10.8. The number of nitrogens with one attached hydrogen (secondary N) is 1. The standard InChI is InChI=1S/C19H24N4O4/c1-26-15-2-4-16(5-3-15)27-11-8-20-17-12-18(22-13-21-17)23-9-6-14(7-10-23)19(24)25/h2-5,12-14H,6-11H2,1H3,(H,24,25)(H,20,21,22). The molecule has 0 amide bonds. The fourth-order valence-corrected chi connectivity index (χ4v) is 2.99. The zero-order valence-corrected chi connectivity index (χ0v) is 15.3. The maximum absolute atomic E-state index is 11.1. The van der Waals surface area contributed by atoms with Crippen LogP contribution in [0, 0.1) is 5.92 Å². The Morgan fingerprint density at radius 3 is 2.59 bits per heavy atom. The van der Waals surface area contributed by atoms with E-state index in [-0.39, 0.29) is 5.92 Å². The second-order valence-electron chi connectivity index (χ2n) is 6.31. The van der Waals surface area contributed by atoms with Gasteiger partial charge in [-0.3, -0.25) is 4.79 Å². The molecule has 0 atom stereocenters. The molecule has 0 unspecified atom stereocenters. The van der Waals surface area contributed by atoms with Crippen LogP contribution in [0.4, 0.5) is 11.6 Å². The van der Waals surface area contributed by atoms with E-state index in [0.717, 1.165) is 23.1 Å². The second-order valence-corrected chi connectivity index (χ2v) is 6.31. The number of carboxylic acids is 1. The van der Waals surface area contributed by atoms with Crippen molar-refractivity contribution >= 4 is 17.6 Å². The maximum Gasteiger partial charge on any atom is 0.306 e. The van der Waals surface area contributed by atoms with E-state index in [1.807, 2.05) is 30.3 Å². The van der Waals surface area contributed by atoms with Gasteiger partial charge in [0.1, 0.15) is 36.1 Å². The quantitative estimate of drug-likeness (QED) is 0.681. The molecule has 144 valence electrons. The SMILES string of the molecule is COc1ccc(OCCNc2cc(N3CCC(C(=O)O)CC3)ncn2)cc1. The van der Waals surface area contributed by atoms with E-state index in [4.69, 9.17) is 14.6 Å². The average molecular weight is 372 g/mol. The van der Waals surface area contributed by atoms with Gasteiger partial charge in [0.2, 0.25) is 0 Å². The van der Waals surface area contributed by atoms with Crippen molar-refractivity contribution in [3.8, 4) is 11.5 Å². The third kappa shape index (κ3) is 5.22. The molecule has 1 aliphatic rings. The minimum atomic E-state index is -0.712. The predicted molar refractivity (Wildman–Crippen MR) is 102 cm³/mol. The minimum absolute atomic E-state index is 0.254. The minimum Gasteiger partial charge on any atom is -0.497 e. The number of aromatic nitrogens is 2. The van der Waals surface area contributed by atoms with Gasteiger partial charge in [0, 0.05) is 19.2 Å². The Kier molecular flexibility index (Phi) is 6.30. The number of methoxy groups -OCH3 is 1. The van der Waals surface area contributed by atoms with Gasteiger partial charge in [-0.05, 0) is 37.1 Å². The average Bonchev–Trinajstić information content (AvgIpc) is 2.72.